The van der Waals surface area contributed by atoms with Crippen molar-refractivity contribution in [2.45, 2.75) is 25.3 Å². The largest absolute Gasteiger partial charge is 0.481 e. The predicted molar refractivity (Wildman–Crippen MR) is 141 cm³/mol. The Morgan fingerprint density at radius 1 is 0.811 bits per heavy atom. The quantitative estimate of drug-likeness (QED) is 0.326. The molecule has 7 nitrogen and oxygen atoms in total. The molecule has 0 saturated carbocycles. The Labute approximate surface area is 214 Å². The fraction of sp³-hybridized carbons (Fsp3) is 0.167. The van der Waals surface area contributed by atoms with Crippen LogP contribution >= 0.6 is 0 Å². The number of benzene rings is 4. The average molecular weight is 498 g/mol. The second-order valence-electron chi connectivity index (χ2n) is 8.72. The summed E-state index contributed by atoms with van der Waals surface area (Å²) >= 11 is 0. The van der Waals surface area contributed by atoms with Crippen LogP contribution in [-0.2, 0) is 20.7 Å². The Bertz CT molecular complexity index is 1390. The normalized spacial score (nSPS) is 12.5. The van der Waals surface area contributed by atoms with Crippen molar-refractivity contribution in [2.75, 3.05) is 6.61 Å². The maximum Gasteiger partial charge on any atom is 0.407 e. The summed E-state index contributed by atoms with van der Waals surface area (Å²) in [5.41, 5.74) is 5.36. The highest BCUT2D eigenvalue weighted by atomic mass is 16.5. The zero-order valence-corrected chi connectivity index (χ0v) is 20.3. The summed E-state index contributed by atoms with van der Waals surface area (Å²) in [5, 5.41) is 21.7. The summed E-state index contributed by atoms with van der Waals surface area (Å²) in [6.45, 7) is 1.22. The molecule has 1 aliphatic rings. The molecule has 1 unspecified atom stereocenters. The second kappa shape index (κ2) is 11.4. The number of ether oxygens (including phenoxy) is 1. The first-order chi connectivity index (χ1) is 17.8. The van der Waals surface area contributed by atoms with Crippen LogP contribution in [0.3, 0.4) is 0 Å². The summed E-state index contributed by atoms with van der Waals surface area (Å²) < 4.78 is 5.53. The van der Waals surface area contributed by atoms with Gasteiger partial charge in [0, 0.05) is 19.3 Å². The summed E-state index contributed by atoms with van der Waals surface area (Å²) in [4.78, 5) is 33.5. The van der Waals surface area contributed by atoms with Crippen molar-refractivity contribution in [1.82, 2.24) is 5.32 Å². The number of fused-ring (bicyclic) bond motifs is 4. The number of rotatable bonds is 6. The van der Waals surface area contributed by atoms with E-state index in [9.17, 15) is 14.7 Å². The van der Waals surface area contributed by atoms with Gasteiger partial charge in [0.05, 0.1) is 0 Å². The highest BCUT2D eigenvalue weighted by Crippen LogP contribution is 2.44. The van der Waals surface area contributed by atoms with Crippen molar-refractivity contribution in [1.29, 1.82) is 0 Å². The lowest BCUT2D eigenvalue weighted by molar-refractivity contribution is -0.139. The SMILES string of the molecule is CC(=O)O.O=C(NC(Cc1cccc2ccccc12)C(=O)O)OCC1c2ccccc2-c2ccccc21. The first-order valence-corrected chi connectivity index (χ1v) is 11.9. The summed E-state index contributed by atoms with van der Waals surface area (Å²) in [6.07, 6.45) is -0.564. The molecule has 0 aliphatic heterocycles. The fourth-order valence-corrected chi connectivity index (χ4v) is 4.67. The lowest BCUT2D eigenvalue weighted by Gasteiger charge is -2.18. The van der Waals surface area contributed by atoms with E-state index < -0.39 is 24.1 Å². The third-order valence-electron chi connectivity index (χ3n) is 6.24. The summed E-state index contributed by atoms with van der Waals surface area (Å²) in [5.74, 6) is -2.01. The monoisotopic (exact) mass is 497 g/mol. The number of nitrogens with one attached hydrogen (secondary N) is 1. The first kappa shape index (κ1) is 25.4. The number of hydrogen-bond donors (Lipinski definition) is 3. The van der Waals surface area contributed by atoms with Gasteiger partial charge in [-0.1, -0.05) is 91.0 Å². The first-order valence-electron chi connectivity index (χ1n) is 11.9. The molecule has 0 aromatic heterocycles. The van der Waals surface area contributed by atoms with Crippen molar-refractivity contribution in [3.05, 3.63) is 108 Å². The molecule has 0 fully saturated rings. The van der Waals surface area contributed by atoms with Gasteiger partial charge in [0.2, 0.25) is 0 Å². The van der Waals surface area contributed by atoms with Gasteiger partial charge in [-0.3, -0.25) is 4.79 Å². The lowest BCUT2D eigenvalue weighted by atomic mass is 9.98. The van der Waals surface area contributed by atoms with Gasteiger partial charge in [-0.15, -0.1) is 0 Å². The van der Waals surface area contributed by atoms with Crippen molar-refractivity contribution in [2.24, 2.45) is 0 Å². The Morgan fingerprint density at radius 2 is 1.35 bits per heavy atom. The van der Waals surface area contributed by atoms with Crippen molar-refractivity contribution < 1.29 is 29.3 Å². The molecule has 0 radical (unpaired) electrons. The van der Waals surface area contributed by atoms with Gasteiger partial charge in [0.15, 0.2) is 0 Å². The van der Waals surface area contributed by atoms with Crippen LogP contribution in [0.15, 0.2) is 91.0 Å². The van der Waals surface area contributed by atoms with E-state index in [2.05, 4.69) is 17.4 Å². The molecule has 188 valence electrons. The Morgan fingerprint density at radius 3 is 1.97 bits per heavy atom. The van der Waals surface area contributed by atoms with E-state index in [0.29, 0.717) is 0 Å². The highest BCUT2D eigenvalue weighted by Gasteiger charge is 2.30. The van der Waals surface area contributed by atoms with Gasteiger partial charge in [0.25, 0.3) is 5.97 Å². The molecule has 0 spiro atoms. The molecule has 0 bridgehead atoms. The lowest BCUT2D eigenvalue weighted by Crippen LogP contribution is -2.43. The molecule has 7 heteroatoms. The number of carboxylic acid groups (broad SMARTS) is 2. The molecule has 1 atom stereocenters. The zero-order valence-electron chi connectivity index (χ0n) is 20.3. The van der Waals surface area contributed by atoms with Crippen LogP contribution in [0.25, 0.3) is 21.9 Å². The van der Waals surface area contributed by atoms with E-state index in [1.807, 2.05) is 78.9 Å². The standard InChI is InChI=1S/C28H23NO4.C2H4O2/c30-27(31)26(16-19-10-7-9-18-8-1-2-11-20(18)19)29-28(32)33-17-25-23-14-5-3-12-21(23)22-13-4-6-15-24(22)25;1-2(3)4/h1-15,25-26H,16-17H2,(H,29,32)(H,30,31);1H3,(H,3,4). The third-order valence-corrected chi connectivity index (χ3v) is 6.24. The molecule has 4 aromatic carbocycles. The number of aliphatic carboxylic acids is 2. The maximum absolute atomic E-state index is 12.6. The molecular weight excluding hydrogens is 470 g/mol. The maximum atomic E-state index is 12.6. The Balaban J connectivity index is 0.000000747. The predicted octanol–water partition coefficient (Wildman–Crippen LogP) is 5.47. The van der Waals surface area contributed by atoms with E-state index in [1.165, 1.54) is 0 Å². The van der Waals surface area contributed by atoms with Crippen molar-refractivity contribution in [3.8, 4) is 11.1 Å². The minimum Gasteiger partial charge on any atom is -0.481 e. The highest BCUT2D eigenvalue weighted by molar-refractivity contribution is 5.87. The topological polar surface area (TPSA) is 113 Å². The van der Waals surface area contributed by atoms with Crippen LogP contribution in [0, 0.1) is 0 Å². The summed E-state index contributed by atoms with van der Waals surface area (Å²) in [6, 6.07) is 28.6. The number of carbonyl (C=O) groups excluding carboxylic acids is 1. The van der Waals surface area contributed by atoms with Gasteiger partial charge in [-0.05, 0) is 38.6 Å². The van der Waals surface area contributed by atoms with E-state index in [1.54, 1.807) is 0 Å². The van der Waals surface area contributed by atoms with Crippen LogP contribution in [0.1, 0.15) is 29.5 Å². The molecule has 1 aliphatic carbocycles. The average Bonchev–Trinajstić information content (AvgIpc) is 3.20. The van der Waals surface area contributed by atoms with E-state index in [-0.39, 0.29) is 18.9 Å². The number of carboxylic acids is 2. The van der Waals surface area contributed by atoms with Gasteiger partial charge in [-0.25, -0.2) is 9.59 Å². The van der Waals surface area contributed by atoms with Gasteiger partial charge < -0.3 is 20.3 Å². The zero-order chi connectivity index (χ0) is 26.4. The van der Waals surface area contributed by atoms with Gasteiger partial charge in [0.1, 0.15) is 12.6 Å². The molecule has 4 aromatic rings. The number of amides is 1. The molecule has 0 saturated heterocycles. The second-order valence-corrected chi connectivity index (χ2v) is 8.72. The molecule has 1 amide bonds. The molecular formula is C30H27NO6. The van der Waals surface area contributed by atoms with Crippen LogP contribution in [-0.4, -0.2) is 40.9 Å². The van der Waals surface area contributed by atoms with E-state index in [4.69, 9.17) is 14.6 Å². The smallest absolute Gasteiger partial charge is 0.407 e. The van der Waals surface area contributed by atoms with Gasteiger partial charge >= 0.3 is 12.1 Å². The Kier molecular flexibility index (Phi) is 7.83. The van der Waals surface area contributed by atoms with E-state index >= 15 is 0 Å². The Hall–Kier alpha value is -4.65. The van der Waals surface area contributed by atoms with Crippen LogP contribution in [0.2, 0.25) is 0 Å². The minimum atomic E-state index is -1.10. The fourth-order valence-electron chi connectivity index (χ4n) is 4.67. The molecule has 3 N–H and O–H groups in total. The van der Waals surface area contributed by atoms with Crippen molar-refractivity contribution >= 4 is 28.8 Å². The van der Waals surface area contributed by atoms with Crippen LogP contribution in [0.4, 0.5) is 4.79 Å². The number of carbonyl (C=O) groups is 3. The van der Waals surface area contributed by atoms with Crippen LogP contribution in [0.5, 0.6) is 0 Å². The van der Waals surface area contributed by atoms with Crippen molar-refractivity contribution in [3.63, 3.8) is 0 Å². The minimum absolute atomic E-state index is 0.0792. The van der Waals surface area contributed by atoms with Crippen LogP contribution < -0.4 is 5.32 Å². The molecule has 0 heterocycles. The number of alkyl carbamates (subject to hydrolysis) is 1. The third kappa shape index (κ3) is 5.95. The summed E-state index contributed by atoms with van der Waals surface area (Å²) in [7, 11) is 0. The molecule has 37 heavy (non-hydrogen) atoms. The number of hydrogen-bond acceptors (Lipinski definition) is 4. The van der Waals surface area contributed by atoms with E-state index in [0.717, 1.165) is 45.5 Å². The van der Waals surface area contributed by atoms with Gasteiger partial charge in [-0.2, -0.15) is 0 Å². The molecule has 5 rings (SSSR count).